The fourth-order valence-electron chi connectivity index (χ4n) is 4.67. The topological polar surface area (TPSA) is 7.12 Å². The number of rotatable bonds is 5. The summed E-state index contributed by atoms with van der Waals surface area (Å²) in [4.78, 5) is 3.79. The molecule has 0 N–H and O–H groups in total. The molecule has 0 amide bonds. The highest BCUT2D eigenvalue weighted by Crippen LogP contribution is 2.46. The van der Waals surface area contributed by atoms with E-state index in [4.69, 9.17) is 0 Å². The van der Waals surface area contributed by atoms with Crippen LogP contribution in [0.25, 0.3) is 6.08 Å². The molecule has 0 unspecified atom stereocenters. The van der Waals surface area contributed by atoms with Gasteiger partial charge in [-0.05, 0) is 83.4 Å². The van der Waals surface area contributed by atoms with Crippen LogP contribution < -0.4 is 9.47 Å². The van der Waals surface area contributed by atoms with E-state index in [0.29, 0.717) is 0 Å². The van der Waals surface area contributed by atoms with E-state index in [1.165, 1.54) is 60.3 Å². The highest BCUT2D eigenvalue weighted by molar-refractivity contribution is 8.03. The number of benzene rings is 1. The van der Waals surface area contributed by atoms with Gasteiger partial charge >= 0.3 is 0 Å². The largest absolute Gasteiger partial charge is 0.335 e. The third-order valence-corrected chi connectivity index (χ3v) is 8.21. The maximum atomic E-state index is 2.43. The van der Waals surface area contributed by atoms with Crippen molar-refractivity contribution in [1.29, 1.82) is 0 Å². The average molecular weight is 458 g/mol. The fourth-order valence-corrected chi connectivity index (χ4v) is 5.88. The number of fused-ring (bicyclic) bond motifs is 2. The fraction of sp³-hybridized carbons (Fsp3) is 0.367. The summed E-state index contributed by atoms with van der Waals surface area (Å²) in [5.74, 6) is 0. The Morgan fingerprint density at radius 1 is 1.06 bits per heavy atom. The van der Waals surface area contributed by atoms with Gasteiger partial charge in [-0.3, -0.25) is 0 Å². The summed E-state index contributed by atoms with van der Waals surface area (Å²) >= 11 is 1.88. The lowest BCUT2D eigenvalue weighted by Crippen LogP contribution is -2.39. The van der Waals surface area contributed by atoms with Gasteiger partial charge in [-0.25, -0.2) is 4.57 Å². The SMILES string of the molecule is CCN1C(=CC=C(C)C=Cc2cc[n+](CC)c3c2CC(C)=C(C)C3)Sc2cc(C)c(C)cc21. The zero-order valence-corrected chi connectivity index (χ0v) is 22.1. The van der Waals surface area contributed by atoms with Gasteiger partial charge in [0, 0.05) is 29.5 Å². The number of pyridine rings is 1. The lowest BCUT2D eigenvalue weighted by molar-refractivity contribution is -0.701. The molecule has 4 rings (SSSR count). The Bertz CT molecular complexity index is 1210. The van der Waals surface area contributed by atoms with Gasteiger partial charge in [-0.1, -0.05) is 46.7 Å². The van der Waals surface area contributed by atoms with E-state index in [1.807, 2.05) is 11.8 Å². The first kappa shape index (κ1) is 23.6. The molecule has 3 heteroatoms. The molecular weight excluding hydrogens is 420 g/mol. The number of allylic oxidation sites excluding steroid dienone is 6. The van der Waals surface area contributed by atoms with Gasteiger partial charge in [-0.2, -0.15) is 0 Å². The number of aromatic nitrogens is 1. The van der Waals surface area contributed by atoms with Gasteiger partial charge in [0.2, 0.25) is 0 Å². The highest BCUT2D eigenvalue weighted by Gasteiger charge is 2.25. The zero-order valence-electron chi connectivity index (χ0n) is 21.2. The van der Waals surface area contributed by atoms with Crippen LogP contribution in [-0.4, -0.2) is 6.54 Å². The smallest absolute Gasteiger partial charge is 0.189 e. The van der Waals surface area contributed by atoms with Crippen LogP contribution in [0.4, 0.5) is 5.69 Å². The quantitative estimate of drug-likeness (QED) is 0.261. The summed E-state index contributed by atoms with van der Waals surface area (Å²) in [5, 5.41) is 1.31. The standard InChI is InChI=1S/C30H37N2S/c1-8-31-15-14-25(26-16-21(4)22(5)17-27(26)31)12-10-20(3)11-13-30-32(9-2)28-18-23(6)24(7)19-29(28)33-30/h10-15,18-19H,8-9,16-17H2,1-7H3/q+1. The van der Waals surface area contributed by atoms with Gasteiger partial charge in [0.1, 0.15) is 6.54 Å². The maximum Gasteiger partial charge on any atom is 0.189 e. The van der Waals surface area contributed by atoms with E-state index in [1.54, 1.807) is 0 Å². The van der Waals surface area contributed by atoms with E-state index < -0.39 is 0 Å². The Kier molecular flexibility index (Phi) is 6.99. The molecule has 1 aliphatic carbocycles. The van der Waals surface area contributed by atoms with Crippen LogP contribution in [0.15, 0.2) is 69.3 Å². The number of aryl methyl sites for hydroxylation is 3. The lowest BCUT2D eigenvalue weighted by Gasteiger charge is -2.19. The van der Waals surface area contributed by atoms with Crippen molar-refractivity contribution in [3.05, 3.63) is 92.3 Å². The summed E-state index contributed by atoms with van der Waals surface area (Å²) in [6, 6.07) is 6.94. The van der Waals surface area contributed by atoms with Crippen LogP contribution >= 0.6 is 11.8 Å². The van der Waals surface area contributed by atoms with E-state index in [0.717, 1.165) is 25.9 Å². The molecule has 172 valence electrons. The molecule has 0 saturated heterocycles. The Labute approximate surface area is 204 Å². The van der Waals surface area contributed by atoms with Crippen molar-refractivity contribution in [1.82, 2.24) is 0 Å². The first-order chi connectivity index (χ1) is 15.8. The molecule has 0 fully saturated rings. The van der Waals surface area contributed by atoms with Crippen molar-refractivity contribution < 1.29 is 4.57 Å². The molecule has 1 aliphatic heterocycles. The van der Waals surface area contributed by atoms with Crippen molar-refractivity contribution in [2.45, 2.75) is 72.7 Å². The van der Waals surface area contributed by atoms with Crippen LogP contribution in [0.1, 0.15) is 62.6 Å². The predicted molar refractivity (Wildman–Crippen MR) is 144 cm³/mol. The van der Waals surface area contributed by atoms with Crippen molar-refractivity contribution >= 4 is 23.5 Å². The molecular formula is C30H37N2S+. The van der Waals surface area contributed by atoms with Gasteiger partial charge in [-0.15, -0.1) is 0 Å². The van der Waals surface area contributed by atoms with Crippen molar-refractivity contribution in [2.75, 3.05) is 11.4 Å². The number of hydrogen-bond acceptors (Lipinski definition) is 2. The summed E-state index contributed by atoms with van der Waals surface area (Å²) in [6.45, 7) is 17.6. The first-order valence-electron chi connectivity index (χ1n) is 12.1. The van der Waals surface area contributed by atoms with Gasteiger partial charge in [0.25, 0.3) is 0 Å². The number of nitrogens with zero attached hydrogens (tertiary/aromatic N) is 2. The number of anilines is 1. The van der Waals surface area contributed by atoms with Gasteiger partial charge < -0.3 is 4.90 Å². The third kappa shape index (κ3) is 4.75. The maximum absolute atomic E-state index is 2.43. The second-order valence-corrected chi connectivity index (χ2v) is 10.5. The van der Waals surface area contributed by atoms with Crippen LogP contribution in [-0.2, 0) is 19.4 Å². The summed E-state index contributed by atoms with van der Waals surface area (Å²) in [5.41, 5.74) is 12.7. The number of thioether (sulfide) groups is 1. The molecule has 1 aromatic carbocycles. The van der Waals surface area contributed by atoms with Crippen LogP contribution in [0.2, 0.25) is 0 Å². The first-order valence-corrected chi connectivity index (χ1v) is 13.0. The van der Waals surface area contributed by atoms with E-state index in [2.05, 4.69) is 107 Å². The lowest BCUT2D eigenvalue weighted by atomic mass is 9.87. The minimum absolute atomic E-state index is 0.983. The molecule has 0 spiro atoms. The van der Waals surface area contributed by atoms with Crippen molar-refractivity contribution in [2.24, 2.45) is 0 Å². The summed E-state index contributed by atoms with van der Waals surface area (Å²) in [6.07, 6.45) is 13.5. The monoisotopic (exact) mass is 457 g/mol. The molecule has 0 saturated carbocycles. The molecule has 2 aromatic rings. The molecule has 2 aliphatic rings. The van der Waals surface area contributed by atoms with E-state index >= 15 is 0 Å². The second-order valence-electron chi connectivity index (χ2n) is 9.40. The van der Waals surface area contributed by atoms with Gasteiger partial charge in [0.05, 0.1) is 17.1 Å². The predicted octanol–water partition coefficient (Wildman–Crippen LogP) is 7.48. The van der Waals surface area contributed by atoms with Crippen molar-refractivity contribution in [3.8, 4) is 0 Å². The normalized spacial score (nSPS) is 17.4. The molecule has 2 heterocycles. The van der Waals surface area contributed by atoms with E-state index in [-0.39, 0.29) is 0 Å². The van der Waals surface area contributed by atoms with Crippen LogP contribution in [0, 0.1) is 13.8 Å². The zero-order chi connectivity index (χ0) is 23.7. The molecule has 0 bridgehead atoms. The average Bonchev–Trinajstić information content (AvgIpc) is 3.13. The van der Waals surface area contributed by atoms with Crippen LogP contribution in [0.3, 0.4) is 0 Å². The molecule has 0 atom stereocenters. The minimum atomic E-state index is 0.983. The molecule has 1 aromatic heterocycles. The summed E-state index contributed by atoms with van der Waals surface area (Å²) < 4.78 is 2.41. The second kappa shape index (κ2) is 9.77. The Morgan fingerprint density at radius 3 is 2.52 bits per heavy atom. The summed E-state index contributed by atoms with van der Waals surface area (Å²) in [7, 11) is 0. The Morgan fingerprint density at radius 2 is 1.79 bits per heavy atom. The van der Waals surface area contributed by atoms with Gasteiger partial charge in [0.15, 0.2) is 11.9 Å². The number of hydrogen-bond donors (Lipinski definition) is 0. The molecule has 0 radical (unpaired) electrons. The van der Waals surface area contributed by atoms with E-state index in [9.17, 15) is 0 Å². The van der Waals surface area contributed by atoms with Crippen molar-refractivity contribution in [3.63, 3.8) is 0 Å². The molecule has 2 nitrogen and oxygen atoms in total. The highest BCUT2D eigenvalue weighted by atomic mass is 32.2. The third-order valence-electron chi connectivity index (χ3n) is 7.10. The minimum Gasteiger partial charge on any atom is -0.335 e. The Balaban J connectivity index is 1.58. The molecule has 33 heavy (non-hydrogen) atoms. The van der Waals surface area contributed by atoms with Crippen LogP contribution in [0.5, 0.6) is 0 Å². The Hall–Kier alpha value is -2.52.